The van der Waals surface area contributed by atoms with Gasteiger partial charge in [-0.3, -0.25) is 14.4 Å². The summed E-state index contributed by atoms with van der Waals surface area (Å²) in [5.41, 5.74) is 0. The van der Waals surface area contributed by atoms with Crippen LogP contribution in [0.2, 0.25) is 0 Å². The summed E-state index contributed by atoms with van der Waals surface area (Å²) < 4.78 is 16.9. The second kappa shape index (κ2) is 66.1. The van der Waals surface area contributed by atoms with Crippen molar-refractivity contribution in [2.24, 2.45) is 0 Å². The lowest BCUT2D eigenvalue weighted by Gasteiger charge is -2.18. The highest BCUT2D eigenvalue weighted by molar-refractivity contribution is 5.71. The van der Waals surface area contributed by atoms with E-state index in [-0.39, 0.29) is 31.6 Å². The predicted molar refractivity (Wildman–Crippen MR) is 343 cm³/mol. The molecule has 6 heteroatoms. The summed E-state index contributed by atoms with van der Waals surface area (Å²) in [6.45, 7) is 6.35. The molecule has 0 aliphatic carbocycles. The molecule has 0 aromatic rings. The molecule has 0 aromatic heterocycles. The van der Waals surface area contributed by atoms with Gasteiger partial charge in [-0.2, -0.15) is 0 Å². The molecular formula is C73H120O6. The molecule has 0 bridgehead atoms. The van der Waals surface area contributed by atoms with E-state index in [0.717, 1.165) is 116 Å². The maximum atomic E-state index is 12.9. The van der Waals surface area contributed by atoms with Crippen LogP contribution in [-0.2, 0) is 28.6 Å². The van der Waals surface area contributed by atoms with Crippen LogP contribution in [0.3, 0.4) is 0 Å². The van der Waals surface area contributed by atoms with E-state index in [9.17, 15) is 14.4 Å². The Morgan fingerprint density at radius 1 is 0.266 bits per heavy atom. The van der Waals surface area contributed by atoms with Crippen molar-refractivity contribution >= 4 is 17.9 Å². The third-order valence-electron chi connectivity index (χ3n) is 13.6. The largest absolute Gasteiger partial charge is 0.462 e. The van der Waals surface area contributed by atoms with Gasteiger partial charge in [0, 0.05) is 19.3 Å². The molecule has 0 saturated carbocycles. The van der Waals surface area contributed by atoms with Crippen LogP contribution in [0.25, 0.3) is 0 Å². The molecule has 0 spiro atoms. The fraction of sp³-hybridized carbons (Fsp3) is 0.658. The van der Waals surface area contributed by atoms with Gasteiger partial charge in [0.05, 0.1) is 0 Å². The first-order valence-corrected chi connectivity index (χ1v) is 32.7. The highest BCUT2D eigenvalue weighted by atomic mass is 16.6. The lowest BCUT2D eigenvalue weighted by Crippen LogP contribution is -2.30. The Labute approximate surface area is 487 Å². The van der Waals surface area contributed by atoms with E-state index in [4.69, 9.17) is 14.2 Å². The first kappa shape index (κ1) is 74.5. The zero-order valence-electron chi connectivity index (χ0n) is 51.3. The second-order valence-electron chi connectivity index (χ2n) is 21.3. The Morgan fingerprint density at radius 3 is 0.835 bits per heavy atom. The molecule has 1 unspecified atom stereocenters. The Balaban J connectivity index is 4.41. The summed E-state index contributed by atoms with van der Waals surface area (Å²) in [7, 11) is 0. The smallest absolute Gasteiger partial charge is 0.306 e. The third kappa shape index (κ3) is 64.3. The van der Waals surface area contributed by atoms with Gasteiger partial charge in [0.1, 0.15) is 13.2 Å². The highest BCUT2D eigenvalue weighted by Gasteiger charge is 2.19. The Hall–Kier alpha value is -4.45. The first-order valence-electron chi connectivity index (χ1n) is 32.7. The number of hydrogen-bond donors (Lipinski definition) is 0. The lowest BCUT2D eigenvalue weighted by molar-refractivity contribution is -0.166. The van der Waals surface area contributed by atoms with Crippen LogP contribution in [0, 0.1) is 0 Å². The van der Waals surface area contributed by atoms with Crippen molar-refractivity contribution in [1.29, 1.82) is 0 Å². The van der Waals surface area contributed by atoms with Gasteiger partial charge >= 0.3 is 17.9 Å². The van der Waals surface area contributed by atoms with Crippen LogP contribution in [0.4, 0.5) is 0 Å². The van der Waals surface area contributed by atoms with Crippen LogP contribution in [0.15, 0.2) is 134 Å². The number of carbonyl (C=O) groups excluding carboxylic acids is 3. The molecule has 6 nitrogen and oxygen atoms in total. The number of ether oxygens (including phenoxy) is 3. The van der Waals surface area contributed by atoms with Crippen molar-refractivity contribution in [1.82, 2.24) is 0 Å². The molecule has 0 aromatic carbocycles. The normalized spacial score (nSPS) is 13.0. The first-order chi connectivity index (χ1) is 39.0. The Bertz CT molecular complexity index is 1680. The van der Waals surface area contributed by atoms with Crippen LogP contribution in [0.1, 0.15) is 290 Å². The van der Waals surface area contributed by atoms with Gasteiger partial charge in [-0.05, 0) is 122 Å². The molecular weight excluding hydrogens is 973 g/mol. The molecule has 1 atom stereocenters. The fourth-order valence-corrected chi connectivity index (χ4v) is 8.81. The lowest BCUT2D eigenvalue weighted by atomic mass is 10.0. The van der Waals surface area contributed by atoms with E-state index in [1.165, 1.54) is 128 Å². The zero-order chi connectivity index (χ0) is 57.1. The Kier molecular flexibility index (Phi) is 62.3. The van der Waals surface area contributed by atoms with E-state index in [0.29, 0.717) is 19.3 Å². The molecule has 0 rings (SSSR count). The van der Waals surface area contributed by atoms with Crippen LogP contribution in [-0.4, -0.2) is 37.2 Å². The maximum Gasteiger partial charge on any atom is 0.306 e. The molecule has 0 heterocycles. The molecule has 0 saturated heterocycles. The number of esters is 3. The summed E-state index contributed by atoms with van der Waals surface area (Å²) in [6.07, 6.45) is 93.3. The van der Waals surface area contributed by atoms with E-state index in [1.54, 1.807) is 0 Å². The quantitative estimate of drug-likeness (QED) is 0.0261. The predicted octanol–water partition coefficient (Wildman–Crippen LogP) is 22.5. The zero-order valence-corrected chi connectivity index (χ0v) is 51.3. The summed E-state index contributed by atoms with van der Waals surface area (Å²) in [5.74, 6) is -1.00. The van der Waals surface area contributed by atoms with E-state index in [2.05, 4.69) is 148 Å². The summed E-state index contributed by atoms with van der Waals surface area (Å²) >= 11 is 0. The molecule has 448 valence electrons. The van der Waals surface area contributed by atoms with Gasteiger partial charge in [0.25, 0.3) is 0 Å². The SMILES string of the molecule is CC/C=C\C/C=C\C/C=C\C/C=C\C/C=C\C/C=C\CCC(=O)OC(COC(=O)CCCCCCC/C=C\CCCCCCCC)COC(=O)CCCCCCCCCCCCCCCC/C=C\C/C=C\C/C=C\C/C=C\CC. The molecule has 0 radical (unpaired) electrons. The molecule has 0 N–H and O–H groups in total. The molecule has 0 aliphatic rings. The van der Waals surface area contributed by atoms with Gasteiger partial charge in [0.2, 0.25) is 0 Å². The minimum Gasteiger partial charge on any atom is -0.462 e. The highest BCUT2D eigenvalue weighted by Crippen LogP contribution is 2.16. The topological polar surface area (TPSA) is 78.9 Å². The molecule has 0 amide bonds. The van der Waals surface area contributed by atoms with Crippen molar-refractivity contribution in [3.05, 3.63) is 134 Å². The molecule has 79 heavy (non-hydrogen) atoms. The van der Waals surface area contributed by atoms with E-state index >= 15 is 0 Å². The van der Waals surface area contributed by atoms with Gasteiger partial charge in [-0.15, -0.1) is 0 Å². The van der Waals surface area contributed by atoms with Crippen molar-refractivity contribution in [2.45, 2.75) is 297 Å². The number of unbranched alkanes of at least 4 members (excludes halogenated alkanes) is 25. The third-order valence-corrected chi connectivity index (χ3v) is 13.6. The second-order valence-corrected chi connectivity index (χ2v) is 21.3. The standard InChI is InChI=1S/C73H120O6/c1-4-7-10-13-16-19-22-25-28-30-32-33-34-35-36-37-38-39-41-42-45-48-51-54-57-60-63-66-72(75)78-69-70(68-77-71(74)65-62-59-56-53-50-47-44-27-24-21-18-15-12-9-6-3)79-73(76)67-64-61-58-55-52-49-46-43-40-31-29-26-23-20-17-14-11-8-5-2/h7-8,10-11,16-17,19-20,25-29,32-33,40,43-44,49,52,58,61,70H,4-6,9,12-15,18,21-24,30-31,34-39,41-42,45-48,50-51,53-57,59-60,62-69H2,1-3H3/b10-7-,11-8-,19-16-,20-17-,28-25-,29-26-,33-32-,43-40-,44-27-,52-49-,61-58-. The maximum absolute atomic E-state index is 12.9. The van der Waals surface area contributed by atoms with E-state index in [1.807, 2.05) is 6.08 Å². The minimum atomic E-state index is -0.827. The number of hydrogen-bond acceptors (Lipinski definition) is 6. The van der Waals surface area contributed by atoms with Gasteiger partial charge in [-0.25, -0.2) is 0 Å². The van der Waals surface area contributed by atoms with Crippen molar-refractivity contribution in [2.75, 3.05) is 13.2 Å². The Morgan fingerprint density at radius 2 is 0.519 bits per heavy atom. The van der Waals surface area contributed by atoms with Crippen molar-refractivity contribution < 1.29 is 28.6 Å². The van der Waals surface area contributed by atoms with Gasteiger partial charge in [0.15, 0.2) is 6.10 Å². The van der Waals surface area contributed by atoms with Crippen molar-refractivity contribution in [3.63, 3.8) is 0 Å². The van der Waals surface area contributed by atoms with Gasteiger partial charge < -0.3 is 14.2 Å². The fourth-order valence-electron chi connectivity index (χ4n) is 8.81. The van der Waals surface area contributed by atoms with Crippen LogP contribution < -0.4 is 0 Å². The number of carbonyl (C=O) groups is 3. The summed E-state index contributed by atoms with van der Waals surface area (Å²) in [5, 5.41) is 0. The average Bonchev–Trinajstić information content (AvgIpc) is 3.45. The van der Waals surface area contributed by atoms with E-state index < -0.39 is 12.1 Å². The van der Waals surface area contributed by atoms with Crippen LogP contribution >= 0.6 is 0 Å². The summed E-state index contributed by atoms with van der Waals surface area (Å²) in [4.78, 5) is 38.3. The number of allylic oxidation sites excluding steroid dienone is 22. The molecule has 0 aliphatic heterocycles. The van der Waals surface area contributed by atoms with Crippen LogP contribution in [0.5, 0.6) is 0 Å². The monoisotopic (exact) mass is 1090 g/mol. The van der Waals surface area contributed by atoms with Crippen molar-refractivity contribution in [3.8, 4) is 0 Å². The minimum absolute atomic E-state index is 0.113. The molecule has 0 fully saturated rings. The number of rotatable bonds is 58. The van der Waals surface area contributed by atoms with Gasteiger partial charge in [-0.1, -0.05) is 283 Å². The summed E-state index contributed by atoms with van der Waals surface area (Å²) in [6, 6.07) is 0. The average molecular weight is 1090 g/mol.